The van der Waals surface area contributed by atoms with Gasteiger partial charge in [-0.25, -0.2) is 0 Å². The van der Waals surface area contributed by atoms with Crippen molar-refractivity contribution >= 4 is 0 Å². The molecule has 0 unspecified atom stereocenters. The van der Waals surface area contributed by atoms with E-state index in [1.54, 1.807) is 24.3 Å². The number of ether oxygens (including phenoxy) is 3. The van der Waals surface area contributed by atoms with Crippen molar-refractivity contribution in [2.24, 2.45) is 0 Å². The molecule has 1 N–H and O–H groups in total. The Bertz CT molecular complexity index is 288. The zero-order chi connectivity index (χ0) is 11.6. The Morgan fingerprint density at radius 3 is 2.56 bits per heavy atom. The Hall–Kier alpha value is -1.26. The summed E-state index contributed by atoms with van der Waals surface area (Å²) in [4.78, 5) is 0. The number of phenolic OH excluding ortho intramolecular Hbond substituents is 1. The fourth-order valence-corrected chi connectivity index (χ4v) is 1.16. The highest BCUT2D eigenvalue weighted by Gasteiger charge is 1.95. The van der Waals surface area contributed by atoms with Crippen molar-refractivity contribution < 1.29 is 19.3 Å². The maximum absolute atomic E-state index is 9.19. The van der Waals surface area contributed by atoms with E-state index < -0.39 is 0 Å². The Labute approximate surface area is 95.8 Å². The van der Waals surface area contributed by atoms with Gasteiger partial charge in [-0.3, -0.25) is 0 Å². The number of phenols is 1. The average Bonchev–Trinajstić information content (AvgIpc) is 2.28. The molecule has 0 aliphatic carbocycles. The molecule has 0 aliphatic heterocycles. The van der Waals surface area contributed by atoms with Gasteiger partial charge in [-0.2, -0.15) is 0 Å². The van der Waals surface area contributed by atoms with Crippen LogP contribution in [0.3, 0.4) is 0 Å². The predicted molar refractivity (Wildman–Crippen MR) is 60.9 cm³/mol. The van der Waals surface area contributed by atoms with Crippen LogP contribution in [-0.2, 0) is 9.47 Å². The fraction of sp³-hybridized carbons (Fsp3) is 0.500. The first-order valence-corrected chi connectivity index (χ1v) is 5.40. The van der Waals surface area contributed by atoms with Crippen molar-refractivity contribution in [1.82, 2.24) is 0 Å². The van der Waals surface area contributed by atoms with E-state index in [2.05, 4.69) is 0 Å². The third-order valence-electron chi connectivity index (χ3n) is 1.89. The monoisotopic (exact) mass is 226 g/mol. The highest BCUT2D eigenvalue weighted by Crippen LogP contribution is 2.17. The molecular weight excluding hydrogens is 208 g/mol. The van der Waals surface area contributed by atoms with Gasteiger partial charge in [0.1, 0.15) is 18.1 Å². The van der Waals surface area contributed by atoms with E-state index in [0.717, 1.165) is 0 Å². The number of aromatic hydroxyl groups is 1. The van der Waals surface area contributed by atoms with Crippen LogP contribution in [-0.4, -0.2) is 38.1 Å². The van der Waals surface area contributed by atoms with Crippen LogP contribution >= 0.6 is 0 Å². The first-order valence-electron chi connectivity index (χ1n) is 5.40. The minimum absolute atomic E-state index is 0.203. The van der Waals surface area contributed by atoms with Gasteiger partial charge in [0, 0.05) is 12.7 Å². The van der Waals surface area contributed by atoms with Crippen LogP contribution in [0.2, 0.25) is 0 Å². The molecule has 0 spiro atoms. The molecule has 0 atom stereocenters. The summed E-state index contributed by atoms with van der Waals surface area (Å²) in [6, 6.07) is 6.70. The second-order valence-electron chi connectivity index (χ2n) is 3.16. The molecule has 4 nitrogen and oxygen atoms in total. The van der Waals surface area contributed by atoms with Crippen molar-refractivity contribution in [2.45, 2.75) is 6.92 Å². The topological polar surface area (TPSA) is 47.9 Å². The molecule has 0 amide bonds. The van der Waals surface area contributed by atoms with Gasteiger partial charge in [-0.1, -0.05) is 6.07 Å². The lowest BCUT2D eigenvalue weighted by atomic mass is 10.3. The molecule has 16 heavy (non-hydrogen) atoms. The maximum Gasteiger partial charge on any atom is 0.123 e. The van der Waals surface area contributed by atoms with Crippen LogP contribution in [0.15, 0.2) is 24.3 Å². The molecule has 0 saturated heterocycles. The summed E-state index contributed by atoms with van der Waals surface area (Å²) < 4.78 is 15.8. The molecule has 0 saturated carbocycles. The molecule has 90 valence electrons. The Morgan fingerprint density at radius 1 is 1.06 bits per heavy atom. The molecule has 1 rings (SSSR count). The molecule has 0 heterocycles. The molecule has 0 aliphatic rings. The van der Waals surface area contributed by atoms with Gasteiger partial charge in [0.25, 0.3) is 0 Å². The van der Waals surface area contributed by atoms with Crippen molar-refractivity contribution in [3.05, 3.63) is 24.3 Å². The quantitative estimate of drug-likeness (QED) is 0.687. The third kappa shape index (κ3) is 5.58. The number of hydrogen-bond acceptors (Lipinski definition) is 4. The van der Waals surface area contributed by atoms with Gasteiger partial charge >= 0.3 is 0 Å². The van der Waals surface area contributed by atoms with Gasteiger partial charge < -0.3 is 19.3 Å². The SMILES string of the molecule is CCOCCOCCOc1cccc(O)c1. The smallest absolute Gasteiger partial charge is 0.123 e. The Kier molecular flexibility index (Phi) is 6.37. The van der Waals surface area contributed by atoms with Crippen LogP contribution in [0.1, 0.15) is 6.92 Å². The van der Waals surface area contributed by atoms with Crippen LogP contribution < -0.4 is 4.74 Å². The van der Waals surface area contributed by atoms with E-state index >= 15 is 0 Å². The van der Waals surface area contributed by atoms with Crippen molar-refractivity contribution in [3.63, 3.8) is 0 Å². The van der Waals surface area contributed by atoms with Gasteiger partial charge in [-0.05, 0) is 19.1 Å². The summed E-state index contributed by atoms with van der Waals surface area (Å²) in [5, 5.41) is 9.19. The van der Waals surface area contributed by atoms with Crippen LogP contribution in [0, 0.1) is 0 Å². The summed E-state index contributed by atoms with van der Waals surface area (Å²) in [5.74, 6) is 0.850. The van der Waals surface area contributed by atoms with Gasteiger partial charge in [0.05, 0.1) is 19.8 Å². The molecule has 0 aromatic heterocycles. The summed E-state index contributed by atoms with van der Waals surface area (Å²) in [6.07, 6.45) is 0. The highest BCUT2D eigenvalue weighted by molar-refractivity contribution is 5.31. The number of hydrogen-bond donors (Lipinski definition) is 1. The first kappa shape index (κ1) is 12.8. The average molecular weight is 226 g/mol. The van der Waals surface area contributed by atoms with Crippen LogP contribution in [0.5, 0.6) is 11.5 Å². The summed E-state index contributed by atoms with van der Waals surface area (Å²) in [6.45, 7) is 4.84. The zero-order valence-corrected chi connectivity index (χ0v) is 9.52. The van der Waals surface area contributed by atoms with Gasteiger partial charge in [0.2, 0.25) is 0 Å². The van der Waals surface area contributed by atoms with E-state index in [0.29, 0.717) is 38.8 Å². The molecule has 0 radical (unpaired) electrons. The van der Waals surface area contributed by atoms with Gasteiger partial charge in [-0.15, -0.1) is 0 Å². The zero-order valence-electron chi connectivity index (χ0n) is 9.52. The predicted octanol–water partition coefficient (Wildman–Crippen LogP) is 1.82. The lowest BCUT2D eigenvalue weighted by molar-refractivity contribution is 0.0404. The van der Waals surface area contributed by atoms with E-state index in [-0.39, 0.29) is 5.75 Å². The minimum atomic E-state index is 0.203. The fourth-order valence-electron chi connectivity index (χ4n) is 1.16. The largest absolute Gasteiger partial charge is 0.508 e. The molecule has 0 bridgehead atoms. The van der Waals surface area contributed by atoms with E-state index in [4.69, 9.17) is 14.2 Å². The molecule has 0 fully saturated rings. The van der Waals surface area contributed by atoms with Crippen molar-refractivity contribution in [2.75, 3.05) is 33.0 Å². The van der Waals surface area contributed by atoms with Crippen molar-refractivity contribution in [1.29, 1.82) is 0 Å². The normalized spacial score (nSPS) is 10.3. The highest BCUT2D eigenvalue weighted by atomic mass is 16.5. The first-order chi connectivity index (χ1) is 7.83. The van der Waals surface area contributed by atoms with Crippen LogP contribution in [0.4, 0.5) is 0 Å². The Morgan fingerprint density at radius 2 is 1.81 bits per heavy atom. The Balaban J connectivity index is 2.03. The van der Waals surface area contributed by atoms with E-state index in [9.17, 15) is 5.11 Å². The lowest BCUT2D eigenvalue weighted by Gasteiger charge is -2.07. The second kappa shape index (κ2) is 7.96. The van der Waals surface area contributed by atoms with Gasteiger partial charge in [0.15, 0.2) is 0 Å². The summed E-state index contributed by atoms with van der Waals surface area (Å²) in [7, 11) is 0. The van der Waals surface area contributed by atoms with Crippen molar-refractivity contribution in [3.8, 4) is 11.5 Å². The molecular formula is C12H18O4. The molecule has 1 aromatic rings. The summed E-state index contributed by atoms with van der Waals surface area (Å²) in [5.41, 5.74) is 0. The molecule has 4 heteroatoms. The van der Waals surface area contributed by atoms with E-state index in [1.807, 2.05) is 6.92 Å². The lowest BCUT2D eigenvalue weighted by Crippen LogP contribution is -2.10. The minimum Gasteiger partial charge on any atom is -0.508 e. The second-order valence-corrected chi connectivity index (χ2v) is 3.16. The summed E-state index contributed by atoms with van der Waals surface area (Å²) >= 11 is 0. The number of rotatable bonds is 8. The molecule has 1 aromatic carbocycles. The van der Waals surface area contributed by atoms with Crippen LogP contribution in [0.25, 0.3) is 0 Å². The van der Waals surface area contributed by atoms with E-state index in [1.165, 1.54) is 0 Å². The number of benzene rings is 1. The standard InChI is InChI=1S/C12H18O4/c1-2-14-6-7-15-8-9-16-12-5-3-4-11(13)10-12/h3-5,10,13H,2,6-9H2,1H3. The third-order valence-corrected chi connectivity index (χ3v) is 1.89. The maximum atomic E-state index is 9.19.